The van der Waals surface area contributed by atoms with Gasteiger partial charge in [-0.15, -0.1) is 0 Å². The lowest BCUT2D eigenvalue weighted by Crippen LogP contribution is -2.51. The van der Waals surface area contributed by atoms with E-state index in [1.165, 1.54) is 0 Å². The van der Waals surface area contributed by atoms with Gasteiger partial charge in [0, 0.05) is 10.8 Å². The van der Waals surface area contributed by atoms with Gasteiger partial charge in [0.1, 0.15) is 0 Å². The van der Waals surface area contributed by atoms with Crippen LogP contribution in [0.4, 0.5) is 0 Å². The smallest absolute Gasteiger partial charge is 0.214 e. The van der Waals surface area contributed by atoms with Gasteiger partial charge < -0.3 is 5.11 Å². The zero-order valence-corrected chi connectivity index (χ0v) is 8.32. The third kappa shape index (κ3) is 1.94. The van der Waals surface area contributed by atoms with Gasteiger partial charge in [-0.25, -0.2) is 0 Å². The van der Waals surface area contributed by atoms with E-state index in [-0.39, 0.29) is 0 Å². The lowest BCUT2D eigenvalue weighted by Gasteiger charge is -2.42. The van der Waals surface area contributed by atoms with Gasteiger partial charge in [-0.2, -0.15) is 5.11 Å². The minimum absolute atomic E-state index is 0.576. The molecule has 0 aliphatic heterocycles. The third-order valence-electron chi connectivity index (χ3n) is 1.97. The van der Waals surface area contributed by atoms with Gasteiger partial charge in [-0.05, 0) is 0 Å². The average Bonchev–Trinajstić information content (AvgIpc) is 1.81. The summed E-state index contributed by atoms with van der Waals surface area (Å²) >= 11 is 0. The van der Waals surface area contributed by atoms with E-state index in [9.17, 15) is 5.11 Å². The van der Waals surface area contributed by atoms with Crippen LogP contribution in [-0.2, 0) is 5.11 Å². The molecule has 67 valence electrons. The summed E-state index contributed by atoms with van der Waals surface area (Å²) in [5.74, 6) is -1.67. The van der Waals surface area contributed by atoms with Crippen LogP contribution in [0.25, 0.3) is 0 Å². The van der Waals surface area contributed by atoms with E-state index in [2.05, 4.69) is 5.11 Å². The Kier molecular flexibility index (Phi) is 2.01. The van der Waals surface area contributed by atoms with Crippen LogP contribution in [0.15, 0.2) is 0 Å². The standard InChI is InChI=1S/C9H19O2/c1-7(2,3)9(10,11)8(4,5)6/h10H,1-6H3/i10T. The minimum atomic E-state index is -1.67. The molecule has 1 N–H and O–H groups in total. The van der Waals surface area contributed by atoms with Crippen molar-refractivity contribution in [3.63, 3.8) is 0 Å². The molecule has 0 aliphatic carbocycles. The Labute approximate surface area is 70.7 Å². The molecule has 0 aromatic rings. The zero-order valence-electron chi connectivity index (χ0n) is 9.32. The Morgan fingerprint density at radius 1 is 1.00 bits per heavy atom. The summed E-state index contributed by atoms with van der Waals surface area (Å²) in [5.41, 5.74) is -1.15. The quantitative estimate of drug-likeness (QED) is 0.588. The van der Waals surface area contributed by atoms with Gasteiger partial charge >= 0.3 is 0 Å². The fourth-order valence-electron chi connectivity index (χ4n) is 1.12. The topological polar surface area (TPSA) is 40.1 Å². The van der Waals surface area contributed by atoms with Crippen molar-refractivity contribution in [2.24, 2.45) is 10.8 Å². The van der Waals surface area contributed by atoms with Crippen LogP contribution in [0.3, 0.4) is 0 Å². The largest absolute Gasteiger partial charge is 0.362 e. The molecular weight excluding hydrogens is 140 g/mol. The molecule has 2 nitrogen and oxygen atoms in total. The monoisotopic (exact) mass is 161 g/mol. The molecule has 11 heavy (non-hydrogen) atoms. The molecule has 0 aliphatic rings. The molecule has 0 unspecified atom stereocenters. The lowest BCUT2D eigenvalue weighted by atomic mass is 9.71. The molecule has 0 bridgehead atoms. The first-order valence-corrected chi connectivity index (χ1v) is 3.91. The Hall–Kier alpha value is -0.0800. The van der Waals surface area contributed by atoms with Gasteiger partial charge in [0.25, 0.3) is 0 Å². The van der Waals surface area contributed by atoms with Gasteiger partial charge in [0.15, 0.2) is 0 Å². The summed E-state index contributed by atoms with van der Waals surface area (Å²) in [6.07, 6.45) is 0. The van der Waals surface area contributed by atoms with E-state index in [0.29, 0.717) is 0 Å². The van der Waals surface area contributed by atoms with Crippen LogP contribution in [0.2, 0.25) is 0 Å². The molecule has 1 radical (unpaired) electrons. The van der Waals surface area contributed by atoms with Crippen molar-refractivity contribution in [1.82, 2.24) is 0 Å². The second-order valence-electron chi connectivity index (χ2n) is 5.12. The third-order valence-corrected chi connectivity index (χ3v) is 1.97. The summed E-state index contributed by atoms with van der Waals surface area (Å²) in [6.45, 7) is 10.7. The van der Waals surface area contributed by atoms with E-state index < -0.39 is 16.6 Å². The molecule has 0 heterocycles. The van der Waals surface area contributed by atoms with Crippen LogP contribution >= 0.6 is 0 Å². The van der Waals surface area contributed by atoms with Crippen LogP contribution in [0, 0.1) is 10.8 Å². The first kappa shape index (κ1) is 9.01. The van der Waals surface area contributed by atoms with Crippen LogP contribution in [0.5, 0.6) is 0 Å². The number of hydrogen-bond acceptors (Lipinski definition) is 1. The Morgan fingerprint density at radius 3 is 1.27 bits per heavy atom. The van der Waals surface area contributed by atoms with Crippen molar-refractivity contribution in [2.75, 3.05) is 0 Å². The SMILES string of the molecule is [3H]OC([O])(C(C)(C)C)C(C)(C)C. The zero-order chi connectivity index (χ0) is 10.2. The second-order valence-corrected chi connectivity index (χ2v) is 5.12. The normalized spacial score (nSPS) is 16.5. The summed E-state index contributed by atoms with van der Waals surface area (Å²) in [5, 5.41) is 16.5. The minimum Gasteiger partial charge on any atom is -0.362 e. The van der Waals surface area contributed by atoms with Crippen molar-refractivity contribution < 1.29 is 10.2 Å². The Balaban J connectivity index is 4.95. The summed E-state index contributed by atoms with van der Waals surface area (Å²) < 4.78 is 6.86. The van der Waals surface area contributed by atoms with E-state index in [0.717, 1.165) is 0 Å². The molecule has 0 rings (SSSR count). The van der Waals surface area contributed by atoms with Crippen molar-refractivity contribution in [2.45, 2.75) is 47.3 Å². The Morgan fingerprint density at radius 2 is 1.27 bits per heavy atom. The highest BCUT2D eigenvalue weighted by atomic mass is 16.5. The van der Waals surface area contributed by atoms with Gasteiger partial charge in [0.2, 0.25) is 7.22 Å². The highest BCUT2D eigenvalue weighted by Crippen LogP contribution is 2.41. The molecule has 2 heteroatoms. The van der Waals surface area contributed by atoms with Gasteiger partial charge in [-0.1, -0.05) is 41.5 Å². The van der Waals surface area contributed by atoms with Crippen LogP contribution < -0.4 is 0 Å². The molecule has 0 atom stereocenters. The van der Waals surface area contributed by atoms with Crippen molar-refractivity contribution in [3.05, 3.63) is 0 Å². The number of hydrogen-bond donors (Lipinski definition) is 1. The molecular formula is C9H19O2. The fourth-order valence-corrected chi connectivity index (χ4v) is 1.12. The predicted molar refractivity (Wildman–Crippen MR) is 44.5 cm³/mol. The maximum Gasteiger partial charge on any atom is 0.214 e. The molecule has 0 aromatic heterocycles. The van der Waals surface area contributed by atoms with Crippen LogP contribution in [0.1, 0.15) is 41.5 Å². The molecule has 0 amide bonds. The maximum atomic E-state index is 12.1. The van der Waals surface area contributed by atoms with E-state index in [1.54, 1.807) is 41.5 Å². The van der Waals surface area contributed by atoms with E-state index >= 15 is 0 Å². The van der Waals surface area contributed by atoms with Crippen molar-refractivity contribution in [3.8, 4) is 0 Å². The highest BCUT2D eigenvalue weighted by molar-refractivity contribution is 4.89. The molecule has 0 saturated carbocycles. The maximum absolute atomic E-state index is 12.1. The van der Waals surface area contributed by atoms with Gasteiger partial charge in [0.05, 0.1) is 0 Å². The summed E-state index contributed by atoms with van der Waals surface area (Å²) in [7, 11) is 0. The van der Waals surface area contributed by atoms with Gasteiger partial charge in [-0.3, -0.25) is 0 Å². The number of rotatable bonds is 1. The average molecular weight is 161 g/mol. The van der Waals surface area contributed by atoms with Crippen molar-refractivity contribution >= 4 is 0 Å². The number of aliphatic hydroxyl groups is 1. The highest BCUT2D eigenvalue weighted by Gasteiger charge is 2.49. The molecule has 0 aromatic carbocycles. The van der Waals surface area contributed by atoms with Crippen molar-refractivity contribution in [1.29, 1.82) is 1.43 Å². The van der Waals surface area contributed by atoms with E-state index in [1.807, 2.05) is 0 Å². The second kappa shape index (κ2) is 2.46. The molecule has 0 fully saturated rings. The summed E-state index contributed by atoms with van der Waals surface area (Å²) in [4.78, 5) is 0. The van der Waals surface area contributed by atoms with Crippen LogP contribution in [-0.4, -0.2) is 12.3 Å². The fraction of sp³-hybridized carbons (Fsp3) is 1.00. The first-order valence-electron chi connectivity index (χ1n) is 4.32. The first-order chi connectivity index (χ1) is 5.06. The lowest BCUT2D eigenvalue weighted by molar-refractivity contribution is -0.319. The molecule has 0 saturated heterocycles. The van der Waals surface area contributed by atoms with E-state index in [4.69, 9.17) is 1.43 Å². The summed E-state index contributed by atoms with van der Waals surface area (Å²) in [6, 6.07) is 0. The predicted octanol–water partition coefficient (Wildman–Crippen LogP) is 2.20. The Bertz CT molecular complexity index is 139. The molecule has 0 spiro atoms.